The lowest BCUT2D eigenvalue weighted by Crippen LogP contribution is -1.92. The minimum Gasteiger partial charge on any atom is -0.497 e. The second-order valence-electron chi connectivity index (χ2n) is 5.73. The molecule has 4 heteroatoms. The van der Waals surface area contributed by atoms with E-state index >= 15 is 0 Å². The van der Waals surface area contributed by atoms with Gasteiger partial charge in [-0.05, 0) is 54.6 Å². The predicted molar refractivity (Wildman–Crippen MR) is 91.8 cm³/mol. The van der Waals surface area contributed by atoms with E-state index in [0.29, 0.717) is 5.69 Å². The van der Waals surface area contributed by atoms with E-state index in [0.717, 1.165) is 49.5 Å². The van der Waals surface area contributed by atoms with Crippen molar-refractivity contribution < 1.29 is 4.74 Å². The van der Waals surface area contributed by atoms with E-state index < -0.39 is 0 Å². The normalized spacial score (nSPS) is 11.2. The monoisotopic (exact) mass is 301 g/mol. The summed E-state index contributed by atoms with van der Waals surface area (Å²) in [5.74, 6) is 0.822. The van der Waals surface area contributed by atoms with Crippen LogP contribution in [-0.2, 0) is 0 Å². The highest BCUT2D eigenvalue weighted by molar-refractivity contribution is 6.17. The number of hydrogen-bond donors (Lipinski definition) is 1. The Labute approximate surface area is 133 Å². The maximum atomic E-state index is 9.43. The largest absolute Gasteiger partial charge is 0.497 e. The number of rotatable bonds is 1. The number of aryl methyl sites for hydroxylation is 2. The van der Waals surface area contributed by atoms with Crippen molar-refractivity contribution in [2.45, 2.75) is 13.8 Å². The van der Waals surface area contributed by atoms with Crippen molar-refractivity contribution in [3.8, 4) is 11.8 Å². The third-order valence-electron chi connectivity index (χ3n) is 4.59. The molecule has 4 rings (SSSR count). The zero-order valence-corrected chi connectivity index (χ0v) is 13.2. The number of nitriles is 1. The molecule has 4 aromatic rings. The number of hydrogen-bond acceptors (Lipinski definition) is 3. The lowest BCUT2D eigenvalue weighted by molar-refractivity contribution is 0.415. The van der Waals surface area contributed by atoms with Gasteiger partial charge in [0.1, 0.15) is 17.5 Å². The first-order chi connectivity index (χ1) is 11.2. The van der Waals surface area contributed by atoms with Gasteiger partial charge in [-0.2, -0.15) is 5.26 Å². The van der Waals surface area contributed by atoms with Gasteiger partial charge in [-0.3, -0.25) is 0 Å². The quantitative estimate of drug-likeness (QED) is 0.568. The summed E-state index contributed by atoms with van der Waals surface area (Å²) in [6.07, 6.45) is 1.70. The van der Waals surface area contributed by atoms with Gasteiger partial charge in [0, 0.05) is 27.9 Å². The molecular formula is C19H15N3O. The number of aromatic nitrogens is 2. The Bertz CT molecular complexity index is 1130. The van der Waals surface area contributed by atoms with E-state index in [9.17, 15) is 5.26 Å². The lowest BCUT2D eigenvalue weighted by atomic mass is 9.95. The van der Waals surface area contributed by atoms with Crippen molar-refractivity contribution in [1.82, 2.24) is 9.97 Å². The van der Waals surface area contributed by atoms with Crippen molar-refractivity contribution in [2.24, 2.45) is 0 Å². The standard InChI is InChI=1S/C19H15N3O/c1-10-13-6-7-21-16(9-20)17(13)11(2)18-14-8-12(23-3)4-5-15(14)22-19(10)18/h4-8,22H,1-3H3. The fourth-order valence-electron chi connectivity index (χ4n) is 3.47. The van der Waals surface area contributed by atoms with Crippen molar-refractivity contribution in [3.05, 3.63) is 47.3 Å². The molecule has 0 amide bonds. The third-order valence-corrected chi connectivity index (χ3v) is 4.59. The third kappa shape index (κ3) is 1.74. The number of fused-ring (bicyclic) bond motifs is 4. The predicted octanol–water partition coefficient (Wildman–Crippen LogP) is 4.37. The summed E-state index contributed by atoms with van der Waals surface area (Å²) in [7, 11) is 1.67. The van der Waals surface area contributed by atoms with Gasteiger partial charge >= 0.3 is 0 Å². The van der Waals surface area contributed by atoms with Crippen LogP contribution in [0.1, 0.15) is 16.8 Å². The number of nitrogens with zero attached hydrogens (tertiary/aromatic N) is 2. The van der Waals surface area contributed by atoms with Crippen LogP contribution >= 0.6 is 0 Å². The van der Waals surface area contributed by atoms with E-state index in [1.54, 1.807) is 13.3 Å². The number of pyridine rings is 1. The van der Waals surface area contributed by atoms with Crippen LogP contribution in [0.3, 0.4) is 0 Å². The van der Waals surface area contributed by atoms with Gasteiger partial charge in [-0.25, -0.2) is 4.98 Å². The van der Waals surface area contributed by atoms with E-state index in [4.69, 9.17) is 4.74 Å². The Morgan fingerprint density at radius 2 is 1.91 bits per heavy atom. The first-order valence-corrected chi connectivity index (χ1v) is 7.43. The zero-order valence-electron chi connectivity index (χ0n) is 13.2. The molecule has 0 radical (unpaired) electrons. The number of nitrogens with one attached hydrogen (secondary N) is 1. The highest BCUT2D eigenvalue weighted by Crippen LogP contribution is 2.38. The summed E-state index contributed by atoms with van der Waals surface area (Å²) in [5.41, 5.74) is 4.85. The van der Waals surface area contributed by atoms with Crippen LogP contribution in [0.2, 0.25) is 0 Å². The fourth-order valence-corrected chi connectivity index (χ4v) is 3.47. The van der Waals surface area contributed by atoms with Crippen molar-refractivity contribution >= 4 is 32.6 Å². The first-order valence-electron chi connectivity index (χ1n) is 7.43. The summed E-state index contributed by atoms with van der Waals surface area (Å²) in [6, 6.07) is 10.2. The molecule has 0 fully saturated rings. The van der Waals surface area contributed by atoms with Gasteiger partial charge in [0.05, 0.1) is 12.6 Å². The van der Waals surface area contributed by atoms with Crippen LogP contribution in [0.4, 0.5) is 0 Å². The summed E-state index contributed by atoms with van der Waals surface area (Å²) < 4.78 is 5.36. The fraction of sp³-hybridized carbons (Fsp3) is 0.158. The van der Waals surface area contributed by atoms with E-state index in [1.165, 1.54) is 0 Å². The maximum absolute atomic E-state index is 9.43. The van der Waals surface area contributed by atoms with Gasteiger partial charge in [0.2, 0.25) is 0 Å². The van der Waals surface area contributed by atoms with Gasteiger partial charge in [-0.15, -0.1) is 0 Å². The average Bonchev–Trinajstić information content (AvgIpc) is 2.97. The molecule has 0 aliphatic carbocycles. The number of benzene rings is 2. The Morgan fingerprint density at radius 1 is 1.09 bits per heavy atom. The maximum Gasteiger partial charge on any atom is 0.148 e. The molecule has 2 aromatic carbocycles. The highest BCUT2D eigenvalue weighted by atomic mass is 16.5. The van der Waals surface area contributed by atoms with Crippen LogP contribution in [-0.4, -0.2) is 17.1 Å². The summed E-state index contributed by atoms with van der Waals surface area (Å²) >= 11 is 0. The van der Waals surface area contributed by atoms with Crippen molar-refractivity contribution in [1.29, 1.82) is 5.26 Å². The molecule has 4 nitrogen and oxygen atoms in total. The molecule has 0 unspecified atom stereocenters. The molecule has 1 N–H and O–H groups in total. The molecule has 2 aromatic heterocycles. The van der Waals surface area contributed by atoms with E-state index in [2.05, 4.69) is 29.9 Å². The van der Waals surface area contributed by atoms with Crippen LogP contribution in [0, 0.1) is 25.2 Å². The van der Waals surface area contributed by atoms with Gasteiger partial charge in [-0.1, -0.05) is 0 Å². The van der Waals surface area contributed by atoms with Gasteiger partial charge in [0.15, 0.2) is 0 Å². The summed E-state index contributed by atoms with van der Waals surface area (Å²) in [5, 5.41) is 13.7. The number of ether oxygens (including phenoxy) is 1. The molecule has 23 heavy (non-hydrogen) atoms. The van der Waals surface area contributed by atoms with Gasteiger partial charge < -0.3 is 9.72 Å². The van der Waals surface area contributed by atoms with Crippen molar-refractivity contribution in [3.63, 3.8) is 0 Å². The molecule has 112 valence electrons. The minimum absolute atomic E-state index is 0.474. The number of H-pyrrole nitrogens is 1. The Balaban J connectivity index is 2.31. The molecular weight excluding hydrogens is 286 g/mol. The minimum atomic E-state index is 0.474. The zero-order chi connectivity index (χ0) is 16.1. The van der Waals surface area contributed by atoms with Crippen LogP contribution in [0.15, 0.2) is 30.5 Å². The highest BCUT2D eigenvalue weighted by Gasteiger charge is 2.16. The van der Waals surface area contributed by atoms with Crippen LogP contribution in [0.5, 0.6) is 5.75 Å². The Kier molecular flexibility index (Phi) is 2.79. The molecule has 0 saturated heterocycles. The van der Waals surface area contributed by atoms with E-state index in [1.807, 2.05) is 24.3 Å². The van der Waals surface area contributed by atoms with Crippen molar-refractivity contribution in [2.75, 3.05) is 7.11 Å². The molecule has 0 aliphatic heterocycles. The molecule has 0 spiro atoms. The topological polar surface area (TPSA) is 61.7 Å². The summed E-state index contributed by atoms with van der Waals surface area (Å²) in [6.45, 7) is 4.14. The van der Waals surface area contributed by atoms with Crippen LogP contribution in [0.25, 0.3) is 32.6 Å². The molecule has 2 heterocycles. The first kappa shape index (κ1) is 13.6. The molecule has 0 bridgehead atoms. The smallest absolute Gasteiger partial charge is 0.148 e. The second kappa shape index (κ2) is 4.72. The van der Waals surface area contributed by atoms with Crippen LogP contribution < -0.4 is 4.74 Å². The average molecular weight is 301 g/mol. The Morgan fingerprint density at radius 3 is 2.65 bits per heavy atom. The molecule has 0 atom stereocenters. The lowest BCUT2D eigenvalue weighted by Gasteiger charge is -2.10. The second-order valence-corrected chi connectivity index (χ2v) is 5.73. The molecule has 0 saturated carbocycles. The number of methoxy groups -OCH3 is 1. The Hall–Kier alpha value is -3.06. The SMILES string of the molecule is COc1ccc2[nH]c3c(C)c4ccnc(C#N)c4c(C)c3c2c1. The van der Waals surface area contributed by atoms with E-state index in [-0.39, 0.29) is 0 Å². The van der Waals surface area contributed by atoms with Gasteiger partial charge in [0.25, 0.3) is 0 Å². The molecule has 0 aliphatic rings. The summed E-state index contributed by atoms with van der Waals surface area (Å²) in [4.78, 5) is 7.75. The number of aromatic amines is 1.